The quantitative estimate of drug-likeness (QED) is 0.901. The highest BCUT2D eigenvalue weighted by Gasteiger charge is 2.10. The van der Waals surface area contributed by atoms with E-state index in [0.29, 0.717) is 24.0 Å². The van der Waals surface area contributed by atoms with Gasteiger partial charge in [0.15, 0.2) is 0 Å². The Morgan fingerprint density at radius 3 is 2.61 bits per heavy atom. The Bertz CT molecular complexity index is 569. The van der Waals surface area contributed by atoms with Crippen molar-refractivity contribution >= 4 is 5.97 Å². The highest BCUT2D eigenvalue weighted by molar-refractivity contribution is 5.88. The number of halogens is 1. The van der Waals surface area contributed by atoms with E-state index >= 15 is 0 Å². The molecule has 0 amide bonds. The molecule has 2 rings (SSSR count). The van der Waals surface area contributed by atoms with Gasteiger partial charge in [0.05, 0.1) is 5.56 Å². The zero-order valence-electron chi connectivity index (χ0n) is 9.64. The van der Waals surface area contributed by atoms with E-state index in [9.17, 15) is 9.18 Å². The van der Waals surface area contributed by atoms with Crippen molar-refractivity contribution in [2.75, 3.05) is 0 Å². The van der Waals surface area contributed by atoms with Gasteiger partial charge in [0.25, 0.3) is 0 Å². The summed E-state index contributed by atoms with van der Waals surface area (Å²) in [5.41, 5.74) is 1.43. The second kappa shape index (κ2) is 5.40. The van der Waals surface area contributed by atoms with Crippen LogP contribution in [0.15, 0.2) is 42.7 Å². The van der Waals surface area contributed by atoms with Crippen LogP contribution in [0.5, 0.6) is 0 Å². The summed E-state index contributed by atoms with van der Waals surface area (Å²) in [5, 5.41) is 9.00. The molecule has 1 aromatic heterocycles. The highest BCUT2D eigenvalue weighted by Crippen LogP contribution is 2.13. The topological polar surface area (TPSA) is 50.2 Å². The number of rotatable bonds is 4. The Balaban J connectivity index is 2.16. The third-order valence-electron chi connectivity index (χ3n) is 2.76. The van der Waals surface area contributed by atoms with Crippen molar-refractivity contribution in [2.24, 2.45) is 0 Å². The summed E-state index contributed by atoms with van der Waals surface area (Å²) in [4.78, 5) is 14.8. The van der Waals surface area contributed by atoms with Gasteiger partial charge in [-0.2, -0.15) is 0 Å². The van der Waals surface area contributed by atoms with E-state index in [1.54, 1.807) is 30.5 Å². The first-order valence-corrected chi connectivity index (χ1v) is 5.58. The van der Waals surface area contributed by atoms with Crippen molar-refractivity contribution in [2.45, 2.75) is 12.8 Å². The molecule has 0 saturated carbocycles. The van der Waals surface area contributed by atoms with Gasteiger partial charge in [-0.15, -0.1) is 0 Å². The van der Waals surface area contributed by atoms with Crippen LogP contribution in [0.25, 0.3) is 0 Å². The fourth-order valence-corrected chi connectivity index (χ4v) is 1.80. The number of pyridine rings is 1. The van der Waals surface area contributed by atoms with Crippen LogP contribution < -0.4 is 0 Å². The fourth-order valence-electron chi connectivity index (χ4n) is 1.80. The van der Waals surface area contributed by atoms with Crippen LogP contribution in [-0.4, -0.2) is 16.1 Å². The lowest BCUT2D eigenvalue weighted by molar-refractivity contribution is 0.0695. The van der Waals surface area contributed by atoms with Crippen molar-refractivity contribution in [3.05, 3.63) is 65.2 Å². The first-order chi connectivity index (χ1) is 8.68. The average molecular weight is 245 g/mol. The third-order valence-corrected chi connectivity index (χ3v) is 2.76. The molecule has 0 saturated heterocycles. The molecule has 0 radical (unpaired) electrons. The maximum absolute atomic E-state index is 13.4. The fraction of sp³-hybridized carbons (Fsp3) is 0.143. The van der Waals surface area contributed by atoms with Gasteiger partial charge in [0.1, 0.15) is 5.82 Å². The standard InChI is InChI=1S/C14H12FNO2/c15-13-4-2-1-3-11(13)6-5-10-7-8-16-9-12(10)14(17)18/h1-4,7-9H,5-6H2,(H,17,18). The van der Waals surface area contributed by atoms with E-state index in [2.05, 4.69) is 4.98 Å². The molecule has 2 aromatic rings. The van der Waals surface area contributed by atoms with Gasteiger partial charge in [-0.3, -0.25) is 4.98 Å². The maximum atomic E-state index is 13.4. The molecule has 0 aliphatic heterocycles. The summed E-state index contributed by atoms with van der Waals surface area (Å²) < 4.78 is 13.4. The van der Waals surface area contributed by atoms with E-state index in [1.807, 2.05) is 0 Å². The number of nitrogens with zero attached hydrogens (tertiary/aromatic N) is 1. The Morgan fingerprint density at radius 1 is 1.17 bits per heavy atom. The first kappa shape index (κ1) is 12.2. The molecule has 0 spiro atoms. The van der Waals surface area contributed by atoms with E-state index < -0.39 is 5.97 Å². The van der Waals surface area contributed by atoms with Crippen LogP contribution in [0.4, 0.5) is 4.39 Å². The minimum absolute atomic E-state index is 0.175. The van der Waals surface area contributed by atoms with Gasteiger partial charge in [-0.25, -0.2) is 9.18 Å². The average Bonchev–Trinajstić information content (AvgIpc) is 2.38. The molecule has 1 heterocycles. The van der Waals surface area contributed by atoms with Crippen LogP contribution >= 0.6 is 0 Å². The maximum Gasteiger partial charge on any atom is 0.337 e. The Labute approximate surface area is 104 Å². The van der Waals surface area contributed by atoms with Gasteiger partial charge in [-0.05, 0) is 36.1 Å². The predicted molar refractivity (Wildman–Crippen MR) is 65.0 cm³/mol. The molecule has 0 aliphatic rings. The van der Waals surface area contributed by atoms with Crippen LogP contribution in [-0.2, 0) is 12.8 Å². The summed E-state index contributed by atoms with van der Waals surface area (Å²) in [6.45, 7) is 0. The molecular weight excluding hydrogens is 233 g/mol. The molecule has 1 aromatic carbocycles. The molecule has 0 atom stereocenters. The Morgan fingerprint density at radius 2 is 1.89 bits per heavy atom. The SMILES string of the molecule is O=C(O)c1cnccc1CCc1ccccc1F. The van der Waals surface area contributed by atoms with Gasteiger partial charge in [-0.1, -0.05) is 18.2 Å². The number of aromatic nitrogens is 1. The van der Waals surface area contributed by atoms with Crippen molar-refractivity contribution < 1.29 is 14.3 Å². The van der Waals surface area contributed by atoms with Gasteiger partial charge >= 0.3 is 5.97 Å². The van der Waals surface area contributed by atoms with Crippen molar-refractivity contribution in [3.63, 3.8) is 0 Å². The van der Waals surface area contributed by atoms with E-state index in [4.69, 9.17) is 5.11 Å². The minimum Gasteiger partial charge on any atom is -0.478 e. The van der Waals surface area contributed by atoms with Crippen LogP contribution in [0, 0.1) is 5.82 Å². The summed E-state index contributed by atoms with van der Waals surface area (Å²) in [5.74, 6) is -1.27. The lowest BCUT2D eigenvalue weighted by Crippen LogP contribution is -2.04. The lowest BCUT2D eigenvalue weighted by Gasteiger charge is -2.06. The number of hydrogen-bond acceptors (Lipinski definition) is 2. The van der Waals surface area contributed by atoms with Crippen LogP contribution in [0.2, 0.25) is 0 Å². The summed E-state index contributed by atoms with van der Waals surface area (Å²) in [7, 11) is 0. The molecule has 4 heteroatoms. The molecule has 3 nitrogen and oxygen atoms in total. The predicted octanol–water partition coefficient (Wildman–Crippen LogP) is 2.70. The summed E-state index contributed by atoms with van der Waals surface area (Å²) >= 11 is 0. The zero-order valence-corrected chi connectivity index (χ0v) is 9.64. The van der Waals surface area contributed by atoms with Crippen LogP contribution in [0.1, 0.15) is 21.5 Å². The van der Waals surface area contributed by atoms with Gasteiger partial charge in [0, 0.05) is 12.4 Å². The molecular formula is C14H12FNO2. The van der Waals surface area contributed by atoms with E-state index in [-0.39, 0.29) is 11.4 Å². The molecule has 0 bridgehead atoms. The smallest absolute Gasteiger partial charge is 0.337 e. The number of carboxylic acid groups (broad SMARTS) is 1. The second-order valence-electron chi connectivity index (χ2n) is 3.93. The molecule has 18 heavy (non-hydrogen) atoms. The number of carbonyl (C=O) groups is 1. The lowest BCUT2D eigenvalue weighted by atomic mass is 10.0. The number of carboxylic acids is 1. The molecule has 1 N–H and O–H groups in total. The van der Waals surface area contributed by atoms with Crippen molar-refractivity contribution in [3.8, 4) is 0 Å². The molecule has 0 aliphatic carbocycles. The monoisotopic (exact) mass is 245 g/mol. The normalized spacial score (nSPS) is 10.3. The summed E-state index contributed by atoms with van der Waals surface area (Å²) in [6, 6.07) is 8.16. The number of benzene rings is 1. The Hall–Kier alpha value is -2.23. The van der Waals surface area contributed by atoms with Crippen molar-refractivity contribution in [1.29, 1.82) is 0 Å². The van der Waals surface area contributed by atoms with Crippen LogP contribution in [0.3, 0.4) is 0 Å². The third kappa shape index (κ3) is 2.71. The summed E-state index contributed by atoms with van der Waals surface area (Å²) in [6.07, 6.45) is 3.81. The van der Waals surface area contributed by atoms with Gasteiger partial charge in [0.2, 0.25) is 0 Å². The number of aromatic carboxylic acids is 1. The highest BCUT2D eigenvalue weighted by atomic mass is 19.1. The number of hydrogen-bond donors (Lipinski definition) is 1. The molecule has 0 unspecified atom stereocenters. The zero-order chi connectivity index (χ0) is 13.0. The number of aryl methyl sites for hydroxylation is 2. The molecule has 92 valence electrons. The second-order valence-corrected chi connectivity index (χ2v) is 3.93. The van der Waals surface area contributed by atoms with E-state index in [1.165, 1.54) is 12.3 Å². The Kier molecular flexibility index (Phi) is 3.67. The molecule has 0 fully saturated rings. The van der Waals surface area contributed by atoms with Gasteiger partial charge < -0.3 is 5.11 Å². The van der Waals surface area contributed by atoms with E-state index in [0.717, 1.165) is 0 Å². The minimum atomic E-state index is -1.01. The first-order valence-electron chi connectivity index (χ1n) is 5.58. The van der Waals surface area contributed by atoms with Crippen molar-refractivity contribution in [1.82, 2.24) is 4.98 Å². The largest absolute Gasteiger partial charge is 0.478 e.